The van der Waals surface area contributed by atoms with E-state index in [1.807, 2.05) is 30.9 Å². The van der Waals surface area contributed by atoms with E-state index in [0.29, 0.717) is 6.04 Å². The van der Waals surface area contributed by atoms with Gasteiger partial charge in [0, 0.05) is 46.6 Å². The number of hydrogen-bond acceptors (Lipinski definition) is 1. The normalized spacial score (nSPS) is 12.6. The van der Waals surface area contributed by atoms with E-state index in [1.165, 1.54) is 22.0 Å². The summed E-state index contributed by atoms with van der Waals surface area (Å²) in [5, 5.41) is 2.07. The van der Waals surface area contributed by atoms with Gasteiger partial charge in [-0.3, -0.25) is 0 Å². The van der Waals surface area contributed by atoms with Gasteiger partial charge in [-0.15, -0.1) is 0 Å². The number of halogens is 1. The topological polar surface area (TPSA) is 22.8 Å². The number of rotatable bonds is 5. The van der Waals surface area contributed by atoms with Crippen LogP contribution in [-0.4, -0.2) is 14.1 Å². The number of hydrogen-bond donors (Lipinski definition) is 0. The summed E-state index contributed by atoms with van der Waals surface area (Å²) in [6.07, 6.45) is 9.09. The molecule has 1 atom stereocenters. The number of benzene rings is 2. The third-order valence-electron chi connectivity index (χ3n) is 4.72. The molecule has 0 spiro atoms. The van der Waals surface area contributed by atoms with E-state index in [2.05, 4.69) is 63.6 Å². The first-order valence-corrected chi connectivity index (χ1v) is 8.93. The molecular weight excluding hydrogens is 330 g/mol. The fourth-order valence-electron chi connectivity index (χ4n) is 3.50. The maximum absolute atomic E-state index is 6.02. The van der Waals surface area contributed by atoms with Crippen molar-refractivity contribution >= 4 is 22.5 Å². The van der Waals surface area contributed by atoms with E-state index < -0.39 is 0 Å². The van der Waals surface area contributed by atoms with Gasteiger partial charge in [0.1, 0.15) is 0 Å². The Balaban J connectivity index is 1.79. The second-order valence-corrected chi connectivity index (χ2v) is 6.73. The highest BCUT2D eigenvalue weighted by Crippen LogP contribution is 2.31. The van der Waals surface area contributed by atoms with E-state index in [-0.39, 0.29) is 0 Å². The molecule has 2 aromatic carbocycles. The van der Waals surface area contributed by atoms with Crippen LogP contribution in [0.5, 0.6) is 0 Å². The van der Waals surface area contributed by atoms with Crippen molar-refractivity contribution in [1.82, 2.24) is 14.1 Å². The van der Waals surface area contributed by atoms with Gasteiger partial charge in [-0.05, 0) is 30.2 Å². The van der Waals surface area contributed by atoms with Crippen molar-refractivity contribution in [2.45, 2.75) is 25.9 Å². The number of imidazole rings is 1. The molecule has 0 bridgehead atoms. The van der Waals surface area contributed by atoms with E-state index >= 15 is 0 Å². The fourth-order valence-corrected chi connectivity index (χ4v) is 3.63. The van der Waals surface area contributed by atoms with Crippen LogP contribution in [0.25, 0.3) is 10.9 Å². The van der Waals surface area contributed by atoms with Crippen LogP contribution in [0.3, 0.4) is 0 Å². The summed E-state index contributed by atoms with van der Waals surface area (Å²) >= 11 is 6.02. The summed E-state index contributed by atoms with van der Waals surface area (Å²) in [6, 6.07) is 17.0. The Morgan fingerprint density at radius 1 is 1.08 bits per heavy atom. The number of fused-ring (bicyclic) bond motifs is 1. The minimum Gasteiger partial charge on any atom is -0.343 e. The fraction of sp³-hybridized carbons (Fsp3) is 0.190. The molecule has 0 saturated heterocycles. The molecule has 25 heavy (non-hydrogen) atoms. The van der Waals surface area contributed by atoms with Crippen LogP contribution in [-0.2, 0) is 6.54 Å². The molecule has 1 unspecified atom stereocenters. The number of nitrogens with zero attached hydrogens (tertiary/aromatic N) is 3. The van der Waals surface area contributed by atoms with Crippen molar-refractivity contribution in [1.29, 1.82) is 0 Å². The van der Waals surface area contributed by atoms with Crippen LogP contribution in [0.4, 0.5) is 0 Å². The molecule has 0 fully saturated rings. The van der Waals surface area contributed by atoms with E-state index in [1.54, 1.807) is 0 Å². The molecule has 126 valence electrons. The Bertz CT molecular complexity index is 968. The lowest BCUT2D eigenvalue weighted by Crippen LogP contribution is -2.07. The zero-order valence-electron chi connectivity index (χ0n) is 14.1. The van der Waals surface area contributed by atoms with Gasteiger partial charge in [0.2, 0.25) is 0 Å². The molecule has 2 aromatic heterocycles. The summed E-state index contributed by atoms with van der Waals surface area (Å²) in [4.78, 5) is 4.22. The molecule has 4 rings (SSSR count). The third-order valence-corrected chi connectivity index (χ3v) is 4.97. The summed E-state index contributed by atoms with van der Waals surface area (Å²) in [5.74, 6) is 0. The molecule has 0 radical (unpaired) electrons. The highest BCUT2D eigenvalue weighted by Gasteiger charge is 2.17. The Morgan fingerprint density at radius 2 is 1.88 bits per heavy atom. The third kappa shape index (κ3) is 3.08. The van der Waals surface area contributed by atoms with Crippen molar-refractivity contribution in [3.05, 3.63) is 89.6 Å². The molecule has 0 N–H and O–H groups in total. The molecule has 0 amide bonds. The smallest absolute Gasteiger partial charge is 0.0951 e. The summed E-state index contributed by atoms with van der Waals surface area (Å²) < 4.78 is 4.52. The second kappa shape index (κ2) is 6.77. The van der Waals surface area contributed by atoms with Crippen LogP contribution < -0.4 is 0 Å². The van der Waals surface area contributed by atoms with E-state index in [0.717, 1.165) is 18.0 Å². The Labute approximate surface area is 152 Å². The lowest BCUT2D eigenvalue weighted by molar-refractivity contribution is 0.568. The predicted molar refractivity (Wildman–Crippen MR) is 103 cm³/mol. The van der Waals surface area contributed by atoms with Crippen molar-refractivity contribution in [2.75, 3.05) is 0 Å². The maximum Gasteiger partial charge on any atom is 0.0951 e. The minimum absolute atomic E-state index is 0.291. The Kier molecular flexibility index (Phi) is 4.33. The van der Waals surface area contributed by atoms with Crippen molar-refractivity contribution in [3.63, 3.8) is 0 Å². The summed E-state index contributed by atoms with van der Waals surface area (Å²) in [5.41, 5.74) is 3.84. The summed E-state index contributed by atoms with van der Waals surface area (Å²) in [7, 11) is 0. The molecule has 0 aliphatic heterocycles. The van der Waals surface area contributed by atoms with E-state index in [4.69, 9.17) is 11.6 Å². The van der Waals surface area contributed by atoms with Gasteiger partial charge in [-0.25, -0.2) is 4.98 Å². The molecular formula is C21H20ClN3. The monoisotopic (exact) mass is 349 g/mol. The van der Waals surface area contributed by atoms with Gasteiger partial charge in [0.15, 0.2) is 0 Å². The lowest BCUT2D eigenvalue weighted by Gasteiger charge is -2.15. The zero-order chi connectivity index (χ0) is 17.2. The quantitative estimate of drug-likeness (QED) is 0.464. The molecule has 2 heterocycles. The molecule has 4 aromatic rings. The molecule has 4 heteroatoms. The van der Waals surface area contributed by atoms with Gasteiger partial charge in [0.05, 0.1) is 12.4 Å². The predicted octanol–water partition coefficient (Wildman–Crippen LogP) is 5.54. The first-order valence-electron chi connectivity index (χ1n) is 8.56. The summed E-state index contributed by atoms with van der Waals surface area (Å²) in [6.45, 7) is 3.05. The van der Waals surface area contributed by atoms with Crippen LogP contribution in [0, 0.1) is 0 Å². The SMILES string of the molecule is CCC(c1cn(Cc2ccc(Cl)cc2)c2ccccc12)n1ccnc1. The lowest BCUT2D eigenvalue weighted by atomic mass is 10.0. The zero-order valence-corrected chi connectivity index (χ0v) is 14.9. The maximum atomic E-state index is 6.02. The first-order chi connectivity index (χ1) is 12.3. The van der Waals surface area contributed by atoms with Gasteiger partial charge in [-0.2, -0.15) is 0 Å². The molecule has 3 nitrogen and oxygen atoms in total. The average Bonchev–Trinajstić information content (AvgIpc) is 3.28. The van der Waals surface area contributed by atoms with Gasteiger partial charge < -0.3 is 9.13 Å². The number of para-hydroxylation sites is 1. The molecule has 0 aliphatic rings. The van der Waals surface area contributed by atoms with Crippen molar-refractivity contribution in [3.8, 4) is 0 Å². The van der Waals surface area contributed by atoms with Gasteiger partial charge in [0.25, 0.3) is 0 Å². The largest absolute Gasteiger partial charge is 0.343 e. The number of aromatic nitrogens is 3. The van der Waals surface area contributed by atoms with Crippen LogP contribution in [0.15, 0.2) is 73.4 Å². The van der Waals surface area contributed by atoms with E-state index in [9.17, 15) is 0 Å². The average molecular weight is 350 g/mol. The second-order valence-electron chi connectivity index (χ2n) is 6.29. The highest BCUT2D eigenvalue weighted by atomic mass is 35.5. The Morgan fingerprint density at radius 3 is 2.60 bits per heavy atom. The highest BCUT2D eigenvalue weighted by molar-refractivity contribution is 6.30. The first kappa shape index (κ1) is 16.0. The van der Waals surface area contributed by atoms with Crippen molar-refractivity contribution in [2.24, 2.45) is 0 Å². The minimum atomic E-state index is 0.291. The van der Waals surface area contributed by atoms with Crippen LogP contribution in [0.2, 0.25) is 5.02 Å². The van der Waals surface area contributed by atoms with Gasteiger partial charge in [-0.1, -0.05) is 48.9 Å². The van der Waals surface area contributed by atoms with Crippen LogP contribution >= 0.6 is 11.6 Å². The molecule has 0 aliphatic carbocycles. The van der Waals surface area contributed by atoms with Gasteiger partial charge >= 0.3 is 0 Å². The Hall–Kier alpha value is -2.52. The molecule has 0 saturated carbocycles. The van der Waals surface area contributed by atoms with Crippen molar-refractivity contribution < 1.29 is 0 Å². The standard InChI is InChI=1S/C21H20ClN3/c1-2-20(24-12-11-23-15-24)19-14-25(21-6-4-3-5-18(19)21)13-16-7-9-17(22)10-8-16/h3-12,14-15,20H,2,13H2,1H3. The van der Waals surface area contributed by atoms with Crippen LogP contribution in [0.1, 0.15) is 30.5 Å².